The number of ether oxygens (including phenoxy) is 1. The predicted octanol–water partition coefficient (Wildman–Crippen LogP) is 3.29. The van der Waals surface area contributed by atoms with E-state index in [-0.39, 0.29) is 5.82 Å². The zero-order valence-electron chi connectivity index (χ0n) is 10.0. The van der Waals surface area contributed by atoms with E-state index in [1.807, 2.05) is 12.1 Å². The second-order valence-electron chi connectivity index (χ2n) is 4.53. The molecule has 18 heavy (non-hydrogen) atoms. The van der Waals surface area contributed by atoms with Gasteiger partial charge in [0.05, 0.1) is 0 Å². The Morgan fingerprint density at radius 3 is 3.00 bits per heavy atom. The number of rotatable bonds is 3. The third-order valence-corrected chi connectivity index (χ3v) is 3.18. The predicted molar refractivity (Wildman–Crippen MR) is 67.0 cm³/mol. The second-order valence-corrected chi connectivity index (χ2v) is 4.53. The minimum atomic E-state index is -0.238. The first kappa shape index (κ1) is 11.2. The fourth-order valence-electron chi connectivity index (χ4n) is 2.26. The third-order valence-electron chi connectivity index (χ3n) is 3.18. The van der Waals surface area contributed by atoms with Crippen LogP contribution in [0.4, 0.5) is 4.39 Å². The molecule has 0 bridgehead atoms. The second kappa shape index (κ2) is 4.77. The van der Waals surface area contributed by atoms with E-state index in [1.54, 1.807) is 6.07 Å². The molecule has 1 heterocycles. The molecule has 0 fully saturated rings. The highest BCUT2D eigenvalue weighted by atomic mass is 19.1. The van der Waals surface area contributed by atoms with E-state index in [0.717, 1.165) is 24.1 Å². The third kappa shape index (κ3) is 2.35. The van der Waals surface area contributed by atoms with Crippen molar-refractivity contribution >= 4 is 0 Å². The number of aryl methyl sites for hydroxylation is 2. The molecule has 0 unspecified atom stereocenters. The standard InChI is InChI=1S/C15H14FNO/c16-13-5-1-3-11(9-13)10-18-15-8-7-12-4-2-6-14(12)17-15/h1,3,5,7-9H,2,4,6,10H2. The van der Waals surface area contributed by atoms with Crippen molar-refractivity contribution in [1.82, 2.24) is 4.98 Å². The van der Waals surface area contributed by atoms with E-state index in [1.165, 1.54) is 24.1 Å². The van der Waals surface area contributed by atoms with E-state index in [4.69, 9.17) is 4.74 Å². The van der Waals surface area contributed by atoms with Crippen LogP contribution in [0.15, 0.2) is 36.4 Å². The van der Waals surface area contributed by atoms with Crippen molar-refractivity contribution in [2.75, 3.05) is 0 Å². The molecular weight excluding hydrogens is 229 g/mol. The van der Waals surface area contributed by atoms with Crippen LogP contribution in [-0.4, -0.2) is 4.98 Å². The maximum absolute atomic E-state index is 13.0. The molecule has 1 aliphatic carbocycles. The molecule has 0 N–H and O–H groups in total. The number of hydrogen-bond acceptors (Lipinski definition) is 2. The normalized spacial score (nSPS) is 13.4. The summed E-state index contributed by atoms with van der Waals surface area (Å²) in [6.07, 6.45) is 3.33. The lowest BCUT2D eigenvalue weighted by molar-refractivity contribution is 0.292. The van der Waals surface area contributed by atoms with Crippen LogP contribution in [-0.2, 0) is 19.4 Å². The maximum atomic E-state index is 13.0. The van der Waals surface area contributed by atoms with Gasteiger partial charge >= 0.3 is 0 Å². The molecule has 0 saturated carbocycles. The van der Waals surface area contributed by atoms with Crippen molar-refractivity contribution in [3.8, 4) is 5.88 Å². The summed E-state index contributed by atoms with van der Waals surface area (Å²) in [5, 5.41) is 0. The molecule has 0 saturated heterocycles. The first-order valence-electron chi connectivity index (χ1n) is 6.17. The van der Waals surface area contributed by atoms with Gasteiger partial charge in [-0.25, -0.2) is 9.37 Å². The Labute approximate surface area is 105 Å². The van der Waals surface area contributed by atoms with Gasteiger partial charge in [0, 0.05) is 11.8 Å². The van der Waals surface area contributed by atoms with Crippen LogP contribution in [0.3, 0.4) is 0 Å². The van der Waals surface area contributed by atoms with Gasteiger partial charge in [-0.1, -0.05) is 18.2 Å². The zero-order chi connectivity index (χ0) is 12.4. The van der Waals surface area contributed by atoms with Crippen LogP contribution in [0, 0.1) is 5.82 Å². The lowest BCUT2D eigenvalue weighted by Gasteiger charge is -2.07. The van der Waals surface area contributed by atoms with Crippen LogP contribution in [0.2, 0.25) is 0 Å². The van der Waals surface area contributed by atoms with E-state index in [0.29, 0.717) is 12.5 Å². The number of benzene rings is 1. The number of pyridine rings is 1. The molecule has 1 aromatic carbocycles. The van der Waals surface area contributed by atoms with Gasteiger partial charge in [-0.3, -0.25) is 0 Å². The Morgan fingerprint density at radius 2 is 2.11 bits per heavy atom. The van der Waals surface area contributed by atoms with Crippen molar-refractivity contribution in [2.24, 2.45) is 0 Å². The Hall–Kier alpha value is -1.90. The van der Waals surface area contributed by atoms with E-state index in [2.05, 4.69) is 11.1 Å². The SMILES string of the molecule is Fc1cccc(COc2ccc3c(n2)CCC3)c1. The number of hydrogen-bond donors (Lipinski definition) is 0. The largest absolute Gasteiger partial charge is 0.473 e. The average Bonchev–Trinajstić information content (AvgIpc) is 2.84. The molecule has 0 atom stereocenters. The Kier molecular flexibility index (Phi) is 2.97. The van der Waals surface area contributed by atoms with Gasteiger partial charge in [-0.05, 0) is 42.5 Å². The summed E-state index contributed by atoms with van der Waals surface area (Å²) < 4.78 is 18.6. The zero-order valence-corrected chi connectivity index (χ0v) is 10.0. The summed E-state index contributed by atoms with van der Waals surface area (Å²) >= 11 is 0. The molecule has 0 amide bonds. The topological polar surface area (TPSA) is 22.1 Å². The summed E-state index contributed by atoms with van der Waals surface area (Å²) in [7, 11) is 0. The number of aromatic nitrogens is 1. The highest BCUT2D eigenvalue weighted by Crippen LogP contribution is 2.22. The Balaban J connectivity index is 1.70. The maximum Gasteiger partial charge on any atom is 0.213 e. The van der Waals surface area contributed by atoms with Gasteiger partial charge in [0.15, 0.2) is 0 Å². The minimum Gasteiger partial charge on any atom is -0.473 e. The first-order valence-corrected chi connectivity index (χ1v) is 6.17. The van der Waals surface area contributed by atoms with Crippen LogP contribution in [0.25, 0.3) is 0 Å². The fourth-order valence-corrected chi connectivity index (χ4v) is 2.26. The highest BCUT2D eigenvalue weighted by Gasteiger charge is 2.12. The molecule has 0 radical (unpaired) electrons. The number of fused-ring (bicyclic) bond motifs is 1. The van der Waals surface area contributed by atoms with Gasteiger partial charge in [-0.15, -0.1) is 0 Å². The smallest absolute Gasteiger partial charge is 0.213 e. The van der Waals surface area contributed by atoms with Crippen molar-refractivity contribution in [2.45, 2.75) is 25.9 Å². The van der Waals surface area contributed by atoms with Crippen LogP contribution >= 0.6 is 0 Å². The van der Waals surface area contributed by atoms with Gasteiger partial charge in [0.25, 0.3) is 0 Å². The van der Waals surface area contributed by atoms with Gasteiger partial charge in [0.2, 0.25) is 5.88 Å². The molecule has 0 spiro atoms. The minimum absolute atomic E-state index is 0.238. The average molecular weight is 243 g/mol. The fraction of sp³-hybridized carbons (Fsp3) is 0.267. The van der Waals surface area contributed by atoms with E-state index in [9.17, 15) is 4.39 Å². The molecule has 2 nitrogen and oxygen atoms in total. The van der Waals surface area contributed by atoms with E-state index < -0.39 is 0 Å². The molecule has 0 aliphatic heterocycles. The molecule has 2 aromatic rings. The summed E-state index contributed by atoms with van der Waals surface area (Å²) in [4.78, 5) is 4.47. The quantitative estimate of drug-likeness (QED) is 0.825. The summed E-state index contributed by atoms with van der Waals surface area (Å²) in [5.74, 6) is 0.387. The van der Waals surface area contributed by atoms with Crippen molar-refractivity contribution in [3.05, 3.63) is 59.0 Å². The number of nitrogens with zero attached hydrogens (tertiary/aromatic N) is 1. The molecule has 1 aromatic heterocycles. The van der Waals surface area contributed by atoms with Crippen molar-refractivity contribution in [1.29, 1.82) is 0 Å². The highest BCUT2D eigenvalue weighted by molar-refractivity contribution is 5.29. The molecule has 1 aliphatic rings. The summed E-state index contributed by atoms with van der Waals surface area (Å²) in [5.41, 5.74) is 3.29. The van der Waals surface area contributed by atoms with Gasteiger partial charge < -0.3 is 4.74 Å². The lowest BCUT2D eigenvalue weighted by Crippen LogP contribution is -1.99. The van der Waals surface area contributed by atoms with Gasteiger partial charge in [0.1, 0.15) is 12.4 Å². The summed E-state index contributed by atoms with van der Waals surface area (Å²) in [6, 6.07) is 10.4. The van der Waals surface area contributed by atoms with Crippen LogP contribution < -0.4 is 4.74 Å². The Bertz CT molecular complexity index is 568. The van der Waals surface area contributed by atoms with Crippen LogP contribution in [0.5, 0.6) is 5.88 Å². The molecule has 3 heteroatoms. The van der Waals surface area contributed by atoms with Gasteiger partial charge in [-0.2, -0.15) is 0 Å². The van der Waals surface area contributed by atoms with E-state index >= 15 is 0 Å². The lowest BCUT2D eigenvalue weighted by atomic mass is 10.2. The Morgan fingerprint density at radius 1 is 1.17 bits per heavy atom. The molecule has 3 rings (SSSR count). The summed E-state index contributed by atoms with van der Waals surface area (Å²) in [6.45, 7) is 0.351. The molecule has 92 valence electrons. The number of halogens is 1. The first-order chi connectivity index (χ1) is 8.81. The van der Waals surface area contributed by atoms with Crippen molar-refractivity contribution in [3.63, 3.8) is 0 Å². The monoisotopic (exact) mass is 243 g/mol. The molecular formula is C15H14FNO. The van der Waals surface area contributed by atoms with Crippen molar-refractivity contribution < 1.29 is 9.13 Å². The van der Waals surface area contributed by atoms with Crippen LogP contribution in [0.1, 0.15) is 23.2 Å².